The number of nitrogens with one attached hydrogen (secondary N) is 2. The minimum absolute atomic E-state index is 0.0676. The van der Waals surface area contributed by atoms with Gasteiger partial charge in [-0.3, -0.25) is 9.59 Å². The Bertz CT molecular complexity index is 849. The second-order valence-electron chi connectivity index (χ2n) is 6.90. The Morgan fingerprint density at radius 2 is 1.89 bits per heavy atom. The van der Waals surface area contributed by atoms with Crippen LogP contribution in [0.2, 0.25) is 0 Å². The molecule has 0 saturated carbocycles. The van der Waals surface area contributed by atoms with Crippen molar-refractivity contribution in [3.05, 3.63) is 48.0 Å². The van der Waals surface area contributed by atoms with Crippen LogP contribution in [0.3, 0.4) is 0 Å². The lowest BCUT2D eigenvalue weighted by Gasteiger charge is -2.36. The molecule has 0 saturated heterocycles. The number of carbonyl (C=O) groups excluding carboxylic acids is 2. The van der Waals surface area contributed by atoms with Gasteiger partial charge in [0.05, 0.1) is 6.61 Å². The number of benzene rings is 2. The molecule has 2 aromatic carbocycles. The SMILES string of the molecule is CCOc1ccc(NC(=O)[C@@H](C)N2CCCc3c(NC(C)=O)cccc32)cc1. The third-order valence-corrected chi connectivity index (χ3v) is 4.88. The van der Waals surface area contributed by atoms with Gasteiger partial charge in [0.25, 0.3) is 0 Å². The first-order valence-corrected chi connectivity index (χ1v) is 9.69. The molecule has 0 bridgehead atoms. The second kappa shape index (κ2) is 8.78. The van der Waals surface area contributed by atoms with E-state index in [0.29, 0.717) is 6.61 Å². The zero-order valence-corrected chi connectivity index (χ0v) is 16.6. The quantitative estimate of drug-likeness (QED) is 0.798. The molecule has 1 atom stereocenters. The van der Waals surface area contributed by atoms with E-state index in [1.54, 1.807) is 0 Å². The van der Waals surface area contributed by atoms with Gasteiger partial charge in [0.1, 0.15) is 11.8 Å². The second-order valence-corrected chi connectivity index (χ2v) is 6.90. The topological polar surface area (TPSA) is 70.7 Å². The van der Waals surface area contributed by atoms with Crippen LogP contribution in [-0.4, -0.2) is 31.0 Å². The van der Waals surface area contributed by atoms with E-state index in [1.165, 1.54) is 6.92 Å². The highest BCUT2D eigenvalue weighted by Gasteiger charge is 2.27. The Morgan fingerprint density at radius 1 is 1.14 bits per heavy atom. The third kappa shape index (κ3) is 4.44. The van der Waals surface area contributed by atoms with Crippen molar-refractivity contribution in [1.82, 2.24) is 0 Å². The van der Waals surface area contributed by atoms with Crippen LogP contribution in [0.25, 0.3) is 0 Å². The number of anilines is 3. The molecule has 1 aliphatic heterocycles. The van der Waals surface area contributed by atoms with E-state index >= 15 is 0 Å². The molecule has 0 fully saturated rings. The van der Waals surface area contributed by atoms with Crippen molar-refractivity contribution in [2.75, 3.05) is 28.7 Å². The summed E-state index contributed by atoms with van der Waals surface area (Å²) in [4.78, 5) is 26.4. The number of nitrogens with zero attached hydrogens (tertiary/aromatic N) is 1. The molecule has 0 aliphatic carbocycles. The highest BCUT2D eigenvalue weighted by atomic mass is 16.5. The lowest BCUT2D eigenvalue weighted by atomic mass is 9.98. The van der Waals surface area contributed by atoms with Gasteiger partial charge >= 0.3 is 0 Å². The van der Waals surface area contributed by atoms with E-state index in [-0.39, 0.29) is 17.9 Å². The smallest absolute Gasteiger partial charge is 0.246 e. The molecule has 0 spiro atoms. The van der Waals surface area contributed by atoms with Crippen molar-refractivity contribution in [1.29, 1.82) is 0 Å². The van der Waals surface area contributed by atoms with Gasteiger partial charge in [-0.25, -0.2) is 0 Å². The average molecular weight is 381 g/mol. The number of amides is 2. The van der Waals surface area contributed by atoms with Crippen molar-refractivity contribution in [2.45, 2.75) is 39.7 Å². The minimum Gasteiger partial charge on any atom is -0.494 e. The molecular formula is C22H27N3O3. The van der Waals surface area contributed by atoms with Crippen molar-refractivity contribution in [3.63, 3.8) is 0 Å². The van der Waals surface area contributed by atoms with E-state index in [4.69, 9.17) is 4.74 Å². The average Bonchev–Trinajstić information content (AvgIpc) is 2.68. The number of ether oxygens (including phenoxy) is 1. The first-order chi connectivity index (χ1) is 13.5. The van der Waals surface area contributed by atoms with E-state index in [1.807, 2.05) is 56.3 Å². The van der Waals surface area contributed by atoms with Gasteiger partial charge in [0.15, 0.2) is 0 Å². The fourth-order valence-corrected chi connectivity index (χ4v) is 3.55. The van der Waals surface area contributed by atoms with Crippen LogP contribution >= 0.6 is 0 Å². The highest BCUT2D eigenvalue weighted by Crippen LogP contribution is 2.34. The van der Waals surface area contributed by atoms with Gasteiger partial charge in [-0.05, 0) is 68.7 Å². The lowest BCUT2D eigenvalue weighted by molar-refractivity contribution is -0.117. The molecule has 0 unspecified atom stereocenters. The van der Waals surface area contributed by atoms with E-state index in [2.05, 4.69) is 15.5 Å². The summed E-state index contributed by atoms with van der Waals surface area (Å²) in [5.41, 5.74) is 3.66. The van der Waals surface area contributed by atoms with Crippen LogP contribution in [0.4, 0.5) is 17.1 Å². The van der Waals surface area contributed by atoms with Gasteiger partial charge in [-0.1, -0.05) is 6.07 Å². The van der Waals surface area contributed by atoms with Crippen molar-refractivity contribution >= 4 is 28.9 Å². The predicted molar refractivity (Wildman–Crippen MR) is 112 cm³/mol. The molecule has 2 aromatic rings. The molecule has 1 heterocycles. The summed E-state index contributed by atoms with van der Waals surface area (Å²) in [6.07, 6.45) is 1.82. The molecular weight excluding hydrogens is 354 g/mol. The Labute approximate surface area is 165 Å². The summed E-state index contributed by atoms with van der Waals surface area (Å²) in [5, 5.41) is 5.88. The molecule has 148 valence electrons. The van der Waals surface area contributed by atoms with E-state index in [0.717, 1.165) is 47.8 Å². The number of carbonyl (C=O) groups is 2. The molecule has 28 heavy (non-hydrogen) atoms. The number of hydrogen-bond donors (Lipinski definition) is 2. The molecule has 6 heteroatoms. The van der Waals surface area contributed by atoms with Crippen LogP contribution in [-0.2, 0) is 16.0 Å². The van der Waals surface area contributed by atoms with E-state index < -0.39 is 0 Å². The first-order valence-electron chi connectivity index (χ1n) is 9.69. The summed E-state index contributed by atoms with van der Waals surface area (Å²) in [6, 6.07) is 12.9. The fraction of sp³-hybridized carbons (Fsp3) is 0.364. The minimum atomic E-state index is -0.335. The predicted octanol–water partition coefficient (Wildman–Crippen LogP) is 3.82. The van der Waals surface area contributed by atoms with Gasteiger partial charge < -0.3 is 20.3 Å². The van der Waals surface area contributed by atoms with Crippen LogP contribution in [0.1, 0.15) is 32.8 Å². The van der Waals surface area contributed by atoms with E-state index in [9.17, 15) is 9.59 Å². The first kappa shape index (κ1) is 19.7. The zero-order chi connectivity index (χ0) is 20.1. The fourth-order valence-electron chi connectivity index (χ4n) is 3.55. The number of hydrogen-bond acceptors (Lipinski definition) is 4. The normalized spacial score (nSPS) is 14.0. The zero-order valence-electron chi connectivity index (χ0n) is 16.6. The van der Waals surface area contributed by atoms with Crippen molar-refractivity contribution in [3.8, 4) is 5.75 Å². The molecule has 0 radical (unpaired) electrons. The summed E-state index contributed by atoms with van der Waals surface area (Å²) in [6.45, 7) is 6.76. The Balaban J connectivity index is 1.75. The Morgan fingerprint density at radius 3 is 2.57 bits per heavy atom. The Kier molecular flexibility index (Phi) is 6.19. The summed E-state index contributed by atoms with van der Waals surface area (Å²) in [7, 11) is 0. The molecule has 6 nitrogen and oxygen atoms in total. The molecule has 2 N–H and O–H groups in total. The van der Waals surface area contributed by atoms with Crippen LogP contribution in [0, 0.1) is 0 Å². The van der Waals surface area contributed by atoms with Crippen molar-refractivity contribution in [2.24, 2.45) is 0 Å². The van der Waals surface area contributed by atoms with Crippen LogP contribution < -0.4 is 20.3 Å². The monoisotopic (exact) mass is 381 g/mol. The van der Waals surface area contributed by atoms with Gasteiger partial charge in [-0.2, -0.15) is 0 Å². The summed E-state index contributed by atoms with van der Waals surface area (Å²) < 4.78 is 5.44. The maximum atomic E-state index is 12.8. The van der Waals surface area contributed by atoms with Crippen LogP contribution in [0.15, 0.2) is 42.5 Å². The molecule has 1 aliphatic rings. The standard InChI is InChI=1S/C22H27N3O3/c1-4-28-18-12-10-17(11-13-18)24-22(27)15(2)25-14-6-7-19-20(23-16(3)26)8-5-9-21(19)25/h5,8-13,15H,4,6-7,14H2,1-3H3,(H,23,26)(H,24,27)/t15-/m1/s1. The molecule has 2 amide bonds. The van der Waals surface area contributed by atoms with Gasteiger partial charge in [-0.15, -0.1) is 0 Å². The number of fused-ring (bicyclic) bond motifs is 1. The third-order valence-electron chi connectivity index (χ3n) is 4.88. The lowest BCUT2D eigenvalue weighted by Crippen LogP contribution is -2.44. The molecule has 0 aromatic heterocycles. The highest BCUT2D eigenvalue weighted by molar-refractivity contribution is 5.97. The summed E-state index contributed by atoms with van der Waals surface area (Å²) in [5.74, 6) is 0.623. The van der Waals surface area contributed by atoms with Gasteiger partial charge in [0.2, 0.25) is 11.8 Å². The van der Waals surface area contributed by atoms with Crippen LogP contribution in [0.5, 0.6) is 5.75 Å². The maximum absolute atomic E-state index is 12.8. The molecule has 3 rings (SSSR count). The van der Waals surface area contributed by atoms with Gasteiger partial charge in [0, 0.05) is 30.5 Å². The summed E-state index contributed by atoms with van der Waals surface area (Å²) >= 11 is 0. The van der Waals surface area contributed by atoms with Crippen molar-refractivity contribution < 1.29 is 14.3 Å². The maximum Gasteiger partial charge on any atom is 0.246 e. The Hall–Kier alpha value is -3.02. The number of rotatable bonds is 6. The largest absolute Gasteiger partial charge is 0.494 e.